The van der Waals surface area contributed by atoms with Gasteiger partial charge in [-0.05, 0) is 40.2 Å². The van der Waals surface area contributed by atoms with Crippen LogP contribution in [0, 0.1) is 17.5 Å². The van der Waals surface area contributed by atoms with Crippen LogP contribution in [0.4, 0.5) is 13.2 Å². The minimum atomic E-state index is -1.48. The topological polar surface area (TPSA) is 12.0 Å². The van der Waals surface area contributed by atoms with Crippen molar-refractivity contribution in [2.45, 2.75) is 13.0 Å². The third kappa shape index (κ3) is 3.25. The van der Waals surface area contributed by atoms with E-state index in [0.717, 1.165) is 6.07 Å². The molecule has 0 amide bonds. The highest BCUT2D eigenvalue weighted by molar-refractivity contribution is 9.10. The number of hydrogen-bond donors (Lipinski definition) is 1. The Balaban J connectivity index is 2.59. The van der Waals surface area contributed by atoms with E-state index in [4.69, 9.17) is 11.6 Å². The quantitative estimate of drug-likeness (QED) is 0.719. The van der Waals surface area contributed by atoms with Gasteiger partial charge in [-0.3, -0.25) is 0 Å². The first kappa shape index (κ1) is 16.3. The Morgan fingerprint density at radius 3 is 2.48 bits per heavy atom. The van der Waals surface area contributed by atoms with E-state index >= 15 is 0 Å². The molecule has 0 aliphatic carbocycles. The van der Waals surface area contributed by atoms with Gasteiger partial charge in [-0.1, -0.05) is 36.7 Å². The van der Waals surface area contributed by atoms with Gasteiger partial charge in [-0.25, -0.2) is 13.2 Å². The van der Waals surface area contributed by atoms with Crippen LogP contribution in [-0.2, 0) is 0 Å². The maximum absolute atomic E-state index is 14.0. The molecule has 1 atom stereocenters. The second-order valence-electron chi connectivity index (χ2n) is 4.40. The van der Waals surface area contributed by atoms with Crippen molar-refractivity contribution in [2.75, 3.05) is 6.54 Å². The van der Waals surface area contributed by atoms with Crippen molar-refractivity contribution in [3.8, 4) is 0 Å². The van der Waals surface area contributed by atoms with Gasteiger partial charge in [0.15, 0.2) is 17.5 Å². The average molecular weight is 379 g/mol. The fourth-order valence-corrected chi connectivity index (χ4v) is 2.72. The lowest BCUT2D eigenvalue weighted by atomic mass is 9.97. The Labute approximate surface area is 134 Å². The molecule has 0 bridgehead atoms. The lowest BCUT2D eigenvalue weighted by Crippen LogP contribution is -2.24. The molecule has 1 N–H and O–H groups in total. The summed E-state index contributed by atoms with van der Waals surface area (Å²) >= 11 is 9.51. The predicted molar refractivity (Wildman–Crippen MR) is 81.0 cm³/mol. The molecule has 2 aromatic carbocycles. The summed E-state index contributed by atoms with van der Waals surface area (Å²) in [6.07, 6.45) is 0. The van der Waals surface area contributed by atoms with Gasteiger partial charge < -0.3 is 5.32 Å². The molecule has 21 heavy (non-hydrogen) atoms. The second-order valence-corrected chi connectivity index (χ2v) is 5.63. The van der Waals surface area contributed by atoms with Crippen molar-refractivity contribution < 1.29 is 13.2 Å². The van der Waals surface area contributed by atoms with Gasteiger partial charge in [-0.15, -0.1) is 0 Å². The Bertz CT molecular complexity index is 664. The van der Waals surface area contributed by atoms with Crippen LogP contribution in [0.3, 0.4) is 0 Å². The number of nitrogens with one attached hydrogen (secondary N) is 1. The first-order valence-electron chi connectivity index (χ1n) is 6.28. The lowest BCUT2D eigenvalue weighted by Gasteiger charge is -2.21. The van der Waals surface area contributed by atoms with Crippen LogP contribution in [0.15, 0.2) is 34.8 Å². The molecule has 0 heterocycles. The summed E-state index contributed by atoms with van der Waals surface area (Å²) in [7, 11) is 0. The maximum Gasteiger partial charge on any atom is 0.194 e. The molecule has 112 valence electrons. The van der Waals surface area contributed by atoms with E-state index in [2.05, 4.69) is 21.2 Å². The highest BCUT2D eigenvalue weighted by Crippen LogP contribution is 2.34. The molecule has 6 heteroatoms. The van der Waals surface area contributed by atoms with Gasteiger partial charge in [-0.2, -0.15) is 0 Å². The largest absolute Gasteiger partial charge is 0.306 e. The molecule has 1 nitrogen and oxygen atoms in total. The summed E-state index contributed by atoms with van der Waals surface area (Å²) in [5.41, 5.74) is 0.591. The van der Waals surface area contributed by atoms with Crippen LogP contribution in [-0.4, -0.2) is 6.54 Å². The number of hydrogen-bond acceptors (Lipinski definition) is 1. The van der Waals surface area contributed by atoms with Gasteiger partial charge in [0, 0.05) is 10.0 Å². The molecule has 0 saturated heterocycles. The predicted octanol–water partition coefficient (Wildman–Crippen LogP) is 5.22. The van der Waals surface area contributed by atoms with E-state index < -0.39 is 23.5 Å². The van der Waals surface area contributed by atoms with Gasteiger partial charge in [0.1, 0.15) is 0 Å². The molecular formula is C15H12BrClF3N. The van der Waals surface area contributed by atoms with Crippen LogP contribution >= 0.6 is 27.5 Å². The zero-order valence-electron chi connectivity index (χ0n) is 11.1. The van der Waals surface area contributed by atoms with Crippen LogP contribution in [0.2, 0.25) is 5.02 Å². The molecule has 0 saturated carbocycles. The molecule has 2 rings (SSSR count). The lowest BCUT2D eigenvalue weighted by molar-refractivity contribution is 0.433. The molecule has 0 aliphatic heterocycles. The van der Waals surface area contributed by atoms with E-state index in [1.165, 1.54) is 6.07 Å². The fraction of sp³-hybridized carbons (Fsp3) is 0.200. The minimum Gasteiger partial charge on any atom is -0.306 e. The van der Waals surface area contributed by atoms with Crippen molar-refractivity contribution in [3.05, 3.63) is 68.4 Å². The molecule has 0 aliphatic rings. The van der Waals surface area contributed by atoms with E-state index in [9.17, 15) is 13.2 Å². The smallest absolute Gasteiger partial charge is 0.194 e. The fourth-order valence-electron chi connectivity index (χ4n) is 2.10. The standard InChI is InChI=1S/C15H12BrClF3N/c1-2-21-15(8-4-3-5-10(16)12(8)17)9-6-7-11(18)14(20)13(9)19/h3-7,15,21H,2H2,1H3. The van der Waals surface area contributed by atoms with Crippen LogP contribution in [0.25, 0.3) is 0 Å². The summed E-state index contributed by atoms with van der Waals surface area (Å²) < 4.78 is 41.2. The van der Waals surface area contributed by atoms with Crippen LogP contribution in [0.1, 0.15) is 24.1 Å². The van der Waals surface area contributed by atoms with Crippen molar-refractivity contribution >= 4 is 27.5 Å². The highest BCUT2D eigenvalue weighted by Gasteiger charge is 2.23. The summed E-state index contributed by atoms with van der Waals surface area (Å²) in [5.74, 6) is -3.91. The zero-order chi connectivity index (χ0) is 15.6. The van der Waals surface area contributed by atoms with E-state index in [-0.39, 0.29) is 5.56 Å². The van der Waals surface area contributed by atoms with Crippen molar-refractivity contribution in [3.63, 3.8) is 0 Å². The summed E-state index contributed by atoms with van der Waals surface area (Å²) in [5, 5.41) is 3.43. The van der Waals surface area contributed by atoms with E-state index in [1.807, 2.05) is 6.92 Å². The third-order valence-electron chi connectivity index (χ3n) is 3.08. The van der Waals surface area contributed by atoms with E-state index in [0.29, 0.717) is 21.6 Å². The first-order chi connectivity index (χ1) is 9.97. The Morgan fingerprint density at radius 2 is 1.81 bits per heavy atom. The summed E-state index contributed by atoms with van der Waals surface area (Å²) in [4.78, 5) is 0. The molecule has 0 radical (unpaired) electrons. The van der Waals surface area contributed by atoms with Crippen LogP contribution in [0.5, 0.6) is 0 Å². The summed E-state index contributed by atoms with van der Waals surface area (Å²) in [6, 6.07) is 6.66. The Kier molecular flexibility index (Phi) is 5.30. The van der Waals surface area contributed by atoms with Gasteiger partial charge in [0.05, 0.1) is 11.1 Å². The molecule has 0 aromatic heterocycles. The first-order valence-corrected chi connectivity index (χ1v) is 7.45. The van der Waals surface area contributed by atoms with Crippen molar-refractivity contribution in [2.24, 2.45) is 0 Å². The SMILES string of the molecule is CCNC(c1ccc(F)c(F)c1F)c1cccc(Br)c1Cl. The minimum absolute atomic E-state index is 0.00995. The molecule has 2 aromatic rings. The van der Waals surface area contributed by atoms with E-state index in [1.54, 1.807) is 18.2 Å². The monoisotopic (exact) mass is 377 g/mol. The van der Waals surface area contributed by atoms with Crippen molar-refractivity contribution in [1.29, 1.82) is 0 Å². The summed E-state index contributed by atoms with van der Waals surface area (Å²) in [6.45, 7) is 2.34. The van der Waals surface area contributed by atoms with Gasteiger partial charge >= 0.3 is 0 Å². The van der Waals surface area contributed by atoms with Gasteiger partial charge in [0.25, 0.3) is 0 Å². The molecule has 0 spiro atoms. The molecule has 1 unspecified atom stereocenters. The zero-order valence-corrected chi connectivity index (χ0v) is 13.4. The molecular weight excluding hydrogens is 367 g/mol. The second kappa shape index (κ2) is 6.81. The molecule has 0 fully saturated rings. The number of halogens is 5. The Morgan fingerprint density at radius 1 is 1.10 bits per heavy atom. The highest BCUT2D eigenvalue weighted by atomic mass is 79.9. The van der Waals surface area contributed by atoms with Crippen LogP contribution < -0.4 is 5.32 Å². The normalized spacial score (nSPS) is 12.5. The number of rotatable bonds is 4. The van der Waals surface area contributed by atoms with Crippen molar-refractivity contribution in [1.82, 2.24) is 5.32 Å². The maximum atomic E-state index is 14.0. The average Bonchev–Trinajstić information content (AvgIpc) is 2.46. The number of benzene rings is 2. The van der Waals surface area contributed by atoms with Gasteiger partial charge in [0.2, 0.25) is 0 Å². The Hall–Kier alpha value is -1.04. The third-order valence-corrected chi connectivity index (χ3v) is 4.39.